The standard InChI is InChI=1S/C20H25FN2O2/c1-13-8-14(2)20(15(3)9-13)22-19(24)12-23(4)11-16-6-7-18(25-5)17(21)10-16/h6-10H,11-12H2,1-5H3,(H,22,24)/p+1. The molecule has 2 N–H and O–H groups in total. The van der Waals surface area contributed by atoms with Crippen LogP contribution in [0.3, 0.4) is 0 Å². The van der Waals surface area contributed by atoms with Gasteiger partial charge in [-0.25, -0.2) is 4.39 Å². The lowest BCUT2D eigenvalue weighted by molar-refractivity contribution is -0.885. The fraction of sp³-hybridized carbons (Fsp3) is 0.350. The number of benzene rings is 2. The molecule has 0 radical (unpaired) electrons. The maximum absolute atomic E-state index is 13.8. The maximum Gasteiger partial charge on any atom is 0.279 e. The van der Waals surface area contributed by atoms with Crippen molar-refractivity contribution in [2.75, 3.05) is 26.0 Å². The van der Waals surface area contributed by atoms with E-state index in [4.69, 9.17) is 4.74 Å². The van der Waals surface area contributed by atoms with Gasteiger partial charge in [0.1, 0.15) is 6.54 Å². The van der Waals surface area contributed by atoms with Crippen LogP contribution < -0.4 is 15.0 Å². The highest BCUT2D eigenvalue weighted by molar-refractivity contribution is 5.93. The number of likely N-dealkylation sites (N-methyl/N-ethyl adjacent to an activating group) is 1. The number of carbonyl (C=O) groups is 1. The van der Waals surface area contributed by atoms with Crippen LogP contribution in [0.25, 0.3) is 0 Å². The lowest BCUT2D eigenvalue weighted by Gasteiger charge is -2.16. The number of rotatable bonds is 6. The first-order valence-electron chi connectivity index (χ1n) is 8.31. The highest BCUT2D eigenvalue weighted by Gasteiger charge is 2.14. The van der Waals surface area contributed by atoms with E-state index in [0.717, 1.165) is 27.3 Å². The summed E-state index contributed by atoms with van der Waals surface area (Å²) in [6, 6.07) is 8.99. The molecule has 0 fully saturated rings. The Morgan fingerprint density at radius 1 is 1.16 bits per heavy atom. The molecule has 1 unspecified atom stereocenters. The predicted molar refractivity (Wildman–Crippen MR) is 97.7 cm³/mol. The molecule has 0 spiro atoms. The van der Waals surface area contributed by atoms with Crippen LogP contribution in [-0.4, -0.2) is 26.6 Å². The number of hydrogen-bond donors (Lipinski definition) is 2. The van der Waals surface area contributed by atoms with Crippen molar-refractivity contribution in [1.29, 1.82) is 0 Å². The van der Waals surface area contributed by atoms with Gasteiger partial charge in [0.25, 0.3) is 5.91 Å². The SMILES string of the molecule is COc1ccc(C[NH+](C)CC(=O)Nc2c(C)cc(C)cc2C)cc1F. The molecule has 5 heteroatoms. The molecule has 0 bridgehead atoms. The number of hydrogen-bond acceptors (Lipinski definition) is 2. The van der Waals surface area contributed by atoms with Crippen LogP contribution >= 0.6 is 0 Å². The Labute approximate surface area is 148 Å². The molecule has 2 aromatic carbocycles. The lowest BCUT2D eigenvalue weighted by Crippen LogP contribution is -3.08. The number of methoxy groups -OCH3 is 1. The van der Waals surface area contributed by atoms with E-state index in [1.165, 1.54) is 18.7 Å². The Hall–Kier alpha value is -2.40. The van der Waals surface area contributed by atoms with E-state index >= 15 is 0 Å². The summed E-state index contributed by atoms with van der Waals surface area (Å²) in [7, 11) is 3.35. The minimum atomic E-state index is -0.386. The number of aryl methyl sites for hydroxylation is 3. The zero-order valence-corrected chi connectivity index (χ0v) is 15.5. The third-order valence-electron chi connectivity index (χ3n) is 4.13. The topological polar surface area (TPSA) is 42.8 Å². The van der Waals surface area contributed by atoms with Gasteiger partial charge in [-0.3, -0.25) is 4.79 Å². The molecule has 0 saturated heterocycles. The first-order chi connectivity index (χ1) is 11.8. The zero-order valence-electron chi connectivity index (χ0n) is 15.5. The fourth-order valence-corrected chi connectivity index (χ4v) is 3.07. The number of nitrogens with one attached hydrogen (secondary N) is 2. The van der Waals surface area contributed by atoms with Crippen molar-refractivity contribution < 1.29 is 18.8 Å². The molecule has 4 nitrogen and oxygen atoms in total. The monoisotopic (exact) mass is 345 g/mol. The van der Waals surface area contributed by atoms with Crippen molar-refractivity contribution in [3.8, 4) is 5.75 Å². The van der Waals surface area contributed by atoms with Gasteiger partial charge < -0.3 is 15.0 Å². The van der Waals surface area contributed by atoms with Gasteiger partial charge in [0.05, 0.1) is 14.2 Å². The van der Waals surface area contributed by atoms with Crippen molar-refractivity contribution in [3.63, 3.8) is 0 Å². The first-order valence-corrected chi connectivity index (χ1v) is 8.31. The summed E-state index contributed by atoms with van der Waals surface area (Å²) in [5.41, 5.74) is 4.99. The van der Waals surface area contributed by atoms with Crippen LogP contribution in [0.5, 0.6) is 5.75 Å². The third-order valence-corrected chi connectivity index (χ3v) is 4.13. The molecule has 0 aromatic heterocycles. The molecule has 134 valence electrons. The third kappa shape index (κ3) is 5.03. The second-order valence-corrected chi connectivity index (χ2v) is 6.60. The Kier molecular flexibility index (Phi) is 6.15. The van der Waals surface area contributed by atoms with Crippen molar-refractivity contribution in [3.05, 3.63) is 58.4 Å². The molecule has 0 saturated carbocycles. The van der Waals surface area contributed by atoms with Gasteiger partial charge in [-0.15, -0.1) is 0 Å². The molecule has 25 heavy (non-hydrogen) atoms. The Morgan fingerprint density at radius 3 is 2.36 bits per heavy atom. The van der Waals surface area contributed by atoms with E-state index in [9.17, 15) is 9.18 Å². The van der Waals surface area contributed by atoms with E-state index in [1.54, 1.807) is 6.07 Å². The summed E-state index contributed by atoms with van der Waals surface area (Å²) in [6.07, 6.45) is 0. The molecular formula is C20H26FN2O2+. The summed E-state index contributed by atoms with van der Waals surface area (Å²) in [6.45, 7) is 6.89. The van der Waals surface area contributed by atoms with Crippen molar-refractivity contribution in [2.45, 2.75) is 27.3 Å². The van der Waals surface area contributed by atoms with Crippen molar-refractivity contribution in [2.24, 2.45) is 0 Å². The second-order valence-electron chi connectivity index (χ2n) is 6.60. The lowest BCUT2D eigenvalue weighted by atomic mass is 10.1. The van der Waals surface area contributed by atoms with E-state index in [-0.39, 0.29) is 17.5 Å². The normalized spacial score (nSPS) is 11.9. The number of carbonyl (C=O) groups excluding carboxylic acids is 1. The fourth-order valence-electron chi connectivity index (χ4n) is 3.07. The largest absolute Gasteiger partial charge is 0.494 e. The summed E-state index contributed by atoms with van der Waals surface area (Å²) in [5, 5.41) is 3.00. The minimum absolute atomic E-state index is 0.0541. The predicted octanol–water partition coefficient (Wildman–Crippen LogP) is 2.41. The molecule has 1 atom stereocenters. The van der Waals surface area contributed by atoms with E-state index in [1.807, 2.05) is 33.9 Å². The molecule has 1 amide bonds. The molecule has 2 aromatic rings. The number of ether oxygens (including phenoxy) is 1. The highest BCUT2D eigenvalue weighted by atomic mass is 19.1. The van der Waals surface area contributed by atoms with E-state index in [2.05, 4.69) is 17.4 Å². The average Bonchev–Trinajstić information content (AvgIpc) is 2.51. The molecule has 0 aliphatic carbocycles. The zero-order chi connectivity index (χ0) is 18.6. The highest BCUT2D eigenvalue weighted by Crippen LogP contribution is 2.21. The van der Waals surface area contributed by atoms with Crippen molar-refractivity contribution >= 4 is 11.6 Å². The molecule has 2 rings (SSSR count). The summed E-state index contributed by atoms with van der Waals surface area (Å²) < 4.78 is 18.7. The summed E-state index contributed by atoms with van der Waals surface area (Å²) in [4.78, 5) is 13.3. The second kappa shape index (κ2) is 8.12. The van der Waals surface area contributed by atoms with Crippen LogP contribution in [0, 0.1) is 26.6 Å². The first kappa shape index (κ1) is 18.9. The number of quaternary nitrogens is 1. The molecule has 0 heterocycles. The van der Waals surface area contributed by atoms with Crippen LogP contribution in [0.4, 0.5) is 10.1 Å². The molecule has 0 aliphatic heterocycles. The number of amides is 1. The van der Waals surface area contributed by atoms with Crippen LogP contribution in [0.15, 0.2) is 30.3 Å². The molecule has 0 aliphatic rings. The van der Waals surface area contributed by atoms with Gasteiger partial charge >= 0.3 is 0 Å². The van der Waals surface area contributed by atoms with E-state index < -0.39 is 0 Å². The van der Waals surface area contributed by atoms with Gasteiger partial charge in [-0.05, 0) is 50.1 Å². The number of anilines is 1. The molecular weight excluding hydrogens is 319 g/mol. The van der Waals surface area contributed by atoms with Gasteiger partial charge in [0.2, 0.25) is 0 Å². The van der Waals surface area contributed by atoms with Crippen LogP contribution in [0.1, 0.15) is 22.3 Å². The Balaban J connectivity index is 1.97. The maximum atomic E-state index is 13.8. The summed E-state index contributed by atoms with van der Waals surface area (Å²) in [5.74, 6) is -0.214. The van der Waals surface area contributed by atoms with Gasteiger partial charge in [-0.1, -0.05) is 17.7 Å². The van der Waals surface area contributed by atoms with Crippen LogP contribution in [-0.2, 0) is 11.3 Å². The van der Waals surface area contributed by atoms with E-state index in [0.29, 0.717) is 13.1 Å². The number of halogens is 1. The van der Waals surface area contributed by atoms with Gasteiger partial charge in [0.15, 0.2) is 18.1 Å². The smallest absolute Gasteiger partial charge is 0.279 e. The van der Waals surface area contributed by atoms with Crippen LogP contribution in [0.2, 0.25) is 0 Å². The summed E-state index contributed by atoms with van der Waals surface area (Å²) >= 11 is 0. The Morgan fingerprint density at radius 2 is 1.80 bits per heavy atom. The quantitative estimate of drug-likeness (QED) is 0.844. The van der Waals surface area contributed by atoms with Crippen molar-refractivity contribution in [1.82, 2.24) is 0 Å². The Bertz CT molecular complexity index is 751. The average molecular weight is 345 g/mol. The van der Waals surface area contributed by atoms with Gasteiger partial charge in [-0.2, -0.15) is 0 Å². The van der Waals surface area contributed by atoms with Gasteiger partial charge in [0, 0.05) is 11.3 Å². The minimum Gasteiger partial charge on any atom is -0.494 e.